The fourth-order valence-corrected chi connectivity index (χ4v) is 3.74. The van der Waals surface area contributed by atoms with Gasteiger partial charge >= 0.3 is 0 Å². The van der Waals surface area contributed by atoms with Crippen LogP contribution in [-0.2, 0) is 6.42 Å². The predicted octanol–water partition coefficient (Wildman–Crippen LogP) is 3.21. The van der Waals surface area contributed by atoms with Crippen LogP contribution in [0, 0.1) is 13.8 Å². The maximum Gasteiger partial charge on any atom is 0.0954 e. The number of nitrogens with zero attached hydrogens (tertiary/aromatic N) is 1. The molecule has 1 saturated heterocycles. The number of rotatable bonds is 2. The topological polar surface area (TPSA) is 24.9 Å². The van der Waals surface area contributed by atoms with Gasteiger partial charge < -0.3 is 5.32 Å². The molecule has 1 aliphatic heterocycles. The highest BCUT2D eigenvalue weighted by Crippen LogP contribution is 2.28. The number of thiazole rings is 1. The van der Waals surface area contributed by atoms with Crippen LogP contribution in [0.3, 0.4) is 0 Å². The van der Waals surface area contributed by atoms with E-state index >= 15 is 0 Å². The van der Waals surface area contributed by atoms with E-state index in [1.54, 1.807) is 0 Å². The second kappa shape index (κ2) is 4.39. The van der Waals surface area contributed by atoms with Crippen LogP contribution in [-0.4, -0.2) is 17.6 Å². The SMILES string of the molecule is Cc1cc(C)c2sc(CC3CCCN3)nc2c1. The van der Waals surface area contributed by atoms with Crippen molar-refractivity contribution in [3.8, 4) is 0 Å². The van der Waals surface area contributed by atoms with Crippen molar-refractivity contribution in [1.82, 2.24) is 10.3 Å². The lowest BCUT2D eigenvalue weighted by Gasteiger charge is -2.05. The van der Waals surface area contributed by atoms with Crippen molar-refractivity contribution in [2.24, 2.45) is 0 Å². The first-order valence-corrected chi connectivity index (χ1v) is 7.14. The number of fused-ring (bicyclic) bond motifs is 1. The molecule has 1 unspecified atom stereocenters. The number of nitrogens with one attached hydrogen (secondary N) is 1. The van der Waals surface area contributed by atoms with E-state index in [0.29, 0.717) is 6.04 Å². The summed E-state index contributed by atoms with van der Waals surface area (Å²) in [6, 6.07) is 5.10. The third kappa shape index (κ3) is 2.22. The van der Waals surface area contributed by atoms with Crippen LogP contribution in [0.15, 0.2) is 12.1 Å². The average molecular weight is 246 g/mol. The first-order valence-electron chi connectivity index (χ1n) is 6.32. The van der Waals surface area contributed by atoms with Gasteiger partial charge in [0, 0.05) is 12.5 Å². The molecule has 90 valence electrons. The summed E-state index contributed by atoms with van der Waals surface area (Å²) >= 11 is 1.87. The lowest BCUT2D eigenvalue weighted by Crippen LogP contribution is -2.23. The van der Waals surface area contributed by atoms with Gasteiger partial charge in [0.2, 0.25) is 0 Å². The molecule has 1 aromatic carbocycles. The van der Waals surface area contributed by atoms with Crippen molar-refractivity contribution in [1.29, 1.82) is 0 Å². The molecule has 1 aromatic heterocycles. The Morgan fingerprint density at radius 1 is 1.41 bits per heavy atom. The van der Waals surface area contributed by atoms with Crippen LogP contribution < -0.4 is 5.32 Å². The van der Waals surface area contributed by atoms with Gasteiger partial charge in [-0.15, -0.1) is 11.3 Å². The van der Waals surface area contributed by atoms with Gasteiger partial charge in [-0.05, 0) is 50.4 Å². The molecular weight excluding hydrogens is 228 g/mol. The zero-order valence-electron chi connectivity index (χ0n) is 10.4. The molecule has 0 saturated carbocycles. The van der Waals surface area contributed by atoms with Crippen molar-refractivity contribution in [2.45, 2.75) is 39.2 Å². The van der Waals surface area contributed by atoms with Crippen molar-refractivity contribution in [3.05, 3.63) is 28.3 Å². The second-order valence-corrected chi connectivity index (χ2v) is 6.12. The summed E-state index contributed by atoms with van der Waals surface area (Å²) in [5.74, 6) is 0. The summed E-state index contributed by atoms with van der Waals surface area (Å²) in [5.41, 5.74) is 3.86. The van der Waals surface area contributed by atoms with E-state index in [-0.39, 0.29) is 0 Å². The lowest BCUT2D eigenvalue weighted by atomic mass is 10.1. The molecule has 0 spiro atoms. The number of aryl methyl sites for hydroxylation is 2. The Kier molecular flexibility index (Phi) is 2.89. The summed E-state index contributed by atoms with van der Waals surface area (Å²) < 4.78 is 1.36. The van der Waals surface area contributed by atoms with Crippen LogP contribution in [0.4, 0.5) is 0 Å². The maximum absolute atomic E-state index is 4.78. The third-order valence-corrected chi connectivity index (χ3v) is 4.68. The summed E-state index contributed by atoms with van der Waals surface area (Å²) in [4.78, 5) is 4.78. The van der Waals surface area contributed by atoms with Crippen molar-refractivity contribution < 1.29 is 0 Å². The molecule has 1 fully saturated rings. The predicted molar refractivity (Wildman–Crippen MR) is 73.8 cm³/mol. The molecule has 2 heterocycles. The van der Waals surface area contributed by atoms with E-state index in [1.165, 1.54) is 45.7 Å². The Morgan fingerprint density at radius 3 is 3.06 bits per heavy atom. The molecule has 0 bridgehead atoms. The average Bonchev–Trinajstić information content (AvgIpc) is 2.87. The fraction of sp³-hybridized carbons (Fsp3) is 0.500. The van der Waals surface area contributed by atoms with E-state index in [2.05, 4.69) is 31.3 Å². The molecule has 0 radical (unpaired) electrons. The molecule has 0 amide bonds. The first kappa shape index (κ1) is 11.2. The molecule has 2 nitrogen and oxygen atoms in total. The largest absolute Gasteiger partial charge is 0.314 e. The minimum absolute atomic E-state index is 0.650. The van der Waals surface area contributed by atoms with Gasteiger partial charge in [-0.1, -0.05) is 6.07 Å². The Balaban J connectivity index is 1.93. The summed E-state index contributed by atoms with van der Waals surface area (Å²) in [5, 5.41) is 4.83. The summed E-state index contributed by atoms with van der Waals surface area (Å²) in [7, 11) is 0. The Morgan fingerprint density at radius 2 is 2.29 bits per heavy atom. The molecule has 3 heteroatoms. The number of hydrogen-bond acceptors (Lipinski definition) is 3. The van der Waals surface area contributed by atoms with E-state index in [1.807, 2.05) is 11.3 Å². The Bertz CT molecular complexity index is 538. The molecular formula is C14H18N2S. The van der Waals surface area contributed by atoms with Crippen molar-refractivity contribution >= 4 is 21.6 Å². The monoisotopic (exact) mass is 246 g/mol. The van der Waals surface area contributed by atoms with E-state index < -0.39 is 0 Å². The maximum atomic E-state index is 4.78. The molecule has 2 aromatic rings. The highest BCUT2D eigenvalue weighted by atomic mass is 32.1. The van der Waals surface area contributed by atoms with Crippen LogP contribution in [0.5, 0.6) is 0 Å². The fourth-order valence-electron chi connectivity index (χ4n) is 2.65. The third-order valence-electron chi connectivity index (χ3n) is 3.45. The van der Waals surface area contributed by atoms with Crippen LogP contribution >= 0.6 is 11.3 Å². The normalized spacial score (nSPS) is 20.2. The second-order valence-electron chi connectivity index (χ2n) is 5.04. The minimum Gasteiger partial charge on any atom is -0.314 e. The Hall–Kier alpha value is -0.930. The van der Waals surface area contributed by atoms with Crippen LogP contribution in [0.2, 0.25) is 0 Å². The highest BCUT2D eigenvalue weighted by Gasteiger charge is 2.17. The van der Waals surface area contributed by atoms with Gasteiger partial charge in [0.15, 0.2) is 0 Å². The number of benzene rings is 1. The standard InChI is InChI=1S/C14H18N2S/c1-9-6-10(2)14-12(7-9)16-13(17-14)8-11-4-3-5-15-11/h6-7,11,15H,3-5,8H2,1-2H3. The Labute approximate surface area is 106 Å². The number of hydrogen-bond donors (Lipinski definition) is 1. The summed E-state index contributed by atoms with van der Waals surface area (Å²) in [6.45, 7) is 5.50. The van der Waals surface area contributed by atoms with Gasteiger partial charge in [0.1, 0.15) is 0 Å². The highest BCUT2D eigenvalue weighted by molar-refractivity contribution is 7.18. The van der Waals surface area contributed by atoms with Crippen LogP contribution in [0.25, 0.3) is 10.2 Å². The van der Waals surface area contributed by atoms with Gasteiger partial charge in [-0.25, -0.2) is 4.98 Å². The molecule has 1 aliphatic rings. The zero-order chi connectivity index (χ0) is 11.8. The zero-order valence-corrected chi connectivity index (χ0v) is 11.2. The molecule has 0 aliphatic carbocycles. The van der Waals surface area contributed by atoms with Gasteiger partial charge in [-0.2, -0.15) is 0 Å². The lowest BCUT2D eigenvalue weighted by molar-refractivity contribution is 0.602. The number of aromatic nitrogens is 1. The summed E-state index contributed by atoms with van der Waals surface area (Å²) in [6.07, 6.45) is 3.71. The van der Waals surface area contributed by atoms with Crippen molar-refractivity contribution in [2.75, 3.05) is 6.54 Å². The first-order chi connectivity index (χ1) is 8.22. The molecule has 1 atom stereocenters. The molecule has 3 rings (SSSR count). The van der Waals surface area contributed by atoms with Crippen molar-refractivity contribution in [3.63, 3.8) is 0 Å². The van der Waals surface area contributed by atoms with Gasteiger partial charge in [0.05, 0.1) is 15.2 Å². The van der Waals surface area contributed by atoms with Gasteiger partial charge in [0.25, 0.3) is 0 Å². The minimum atomic E-state index is 0.650. The molecule has 1 N–H and O–H groups in total. The smallest absolute Gasteiger partial charge is 0.0954 e. The van der Waals surface area contributed by atoms with Crippen LogP contribution in [0.1, 0.15) is 29.0 Å². The quantitative estimate of drug-likeness (QED) is 0.880. The van der Waals surface area contributed by atoms with E-state index in [0.717, 1.165) is 6.42 Å². The van der Waals surface area contributed by atoms with Gasteiger partial charge in [-0.3, -0.25) is 0 Å². The van der Waals surface area contributed by atoms with E-state index in [9.17, 15) is 0 Å². The molecule has 17 heavy (non-hydrogen) atoms. The van der Waals surface area contributed by atoms with E-state index in [4.69, 9.17) is 4.98 Å².